The van der Waals surface area contributed by atoms with Crippen molar-refractivity contribution in [1.29, 1.82) is 0 Å². The molecule has 3 N–H and O–H groups in total. The first-order chi connectivity index (χ1) is 14.0. The average molecular weight is 406 g/mol. The van der Waals surface area contributed by atoms with Crippen LogP contribution in [0.1, 0.15) is 27.2 Å². The molecule has 146 valence electrons. The summed E-state index contributed by atoms with van der Waals surface area (Å²) >= 11 is 6.07. The van der Waals surface area contributed by atoms with Crippen molar-refractivity contribution in [1.82, 2.24) is 4.98 Å². The lowest BCUT2D eigenvalue weighted by Gasteiger charge is -2.09. The van der Waals surface area contributed by atoms with Crippen LogP contribution in [0.4, 0.5) is 11.5 Å². The van der Waals surface area contributed by atoms with Crippen LogP contribution in [-0.2, 0) is 13.0 Å². The summed E-state index contributed by atoms with van der Waals surface area (Å²) in [5.41, 5.74) is 10.1. The summed E-state index contributed by atoms with van der Waals surface area (Å²) in [5, 5.41) is 4.76. The van der Waals surface area contributed by atoms with E-state index < -0.39 is 0 Å². The Bertz CT molecular complexity index is 1200. The average Bonchev–Trinajstić information content (AvgIpc) is 3.04. The highest BCUT2D eigenvalue weighted by Crippen LogP contribution is 2.28. The lowest BCUT2D eigenvalue weighted by Crippen LogP contribution is -2.06. The van der Waals surface area contributed by atoms with Gasteiger partial charge in [0.05, 0.1) is 5.69 Å². The van der Waals surface area contributed by atoms with Crippen LogP contribution in [0.25, 0.3) is 11.0 Å². The number of anilines is 2. The number of carbonyl (C=O) groups excluding carboxylic acids is 1. The Morgan fingerprint density at radius 1 is 1.14 bits per heavy atom. The van der Waals surface area contributed by atoms with Crippen LogP contribution in [0.2, 0.25) is 5.02 Å². The maximum absolute atomic E-state index is 12.9. The number of fused-ring (bicyclic) bond motifs is 1. The molecule has 0 saturated carbocycles. The molecule has 5 nitrogen and oxygen atoms in total. The molecule has 4 rings (SSSR count). The van der Waals surface area contributed by atoms with E-state index in [1.807, 2.05) is 49.4 Å². The Hall–Kier alpha value is -3.31. The Labute approximate surface area is 173 Å². The molecule has 0 bridgehead atoms. The first-order valence-corrected chi connectivity index (χ1v) is 9.63. The lowest BCUT2D eigenvalue weighted by atomic mass is 10.0. The van der Waals surface area contributed by atoms with E-state index in [4.69, 9.17) is 21.8 Å². The number of nitrogens with zero attached hydrogens (tertiary/aromatic N) is 1. The van der Waals surface area contributed by atoms with E-state index in [-0.39, 0.29) is 12.2 Å². The topological polar surface area (TPSA) is 81.2 Å². The molecule has 0 aliphatic rings. The molecular weight excluding hydrogens is 386 g/mol. The van der Waals surface area contributed by atoms with Gasteiger partial charge < -0.3 is 15.5 Å². The second-order valence-corrected chi connectivity index (χ2v) is 7.34. The molecule has 0 aliphatic heterocycles. The van der Waals surface area contributed by atoms with Crippen molar-refractivity contribution in [3.05, 3.63) is 88.3 Å². The van der Waals surface area contributed by atoms with Crippen molar-refractivity contribution < 1.29 is 9.21 Å². The minimum absolute atomic E-state index is 0.0589. The molecule has 0 amide bonds. The number of rotatable bonds is 6. The van der Waals surface area contributed by atoms with Crippen LogP contribution in [0.3, 0.4) is 0 Å². The Morgan fingerprint density at radius 3 is 2.79 bits per heavy atom. The fourth-order valence-electron chi connectivity index (χ4n) is 3.34. The number of aryl methyl sites for hydroxylation is 1. The van der Waals surface area contributed by atoms with Gasteiger partial charge in [0.1, 0.15) is 11.4 Å². The summed E-state index contributed by atoms with van der Waals surface area (Å²) < 4.78 is 5.80. The summed E-state index contributed by atoms with van der Waals surface area (Å²) in [6.45, 7) is 2.47. The van der Waals surface area contributed by atoms with E-state index in [0.29, 0.717) is 28.7 Å². The third-order valence-electron chi connectivity index (χ3n) is 4.83. The van der Waals surface area contributed by atoms with Crippen molar-refractivity contribution in [3.63, 3.8) is 0 Å². The van der Waals surface area contributed by atoms with Crippen molar-refractivity contribution in [2.75, 3.05) is 11.1 Å². The van der Waals surface area contributed by atoms with Crippen LogP contribution >= 0.6 is 11.6 Å². The van der Waals surface area contributed by atoms with Gasteiger partial charge in [0, 0.05) is 35.1 Å². The minimum atomic E-state index is -0.0589. The summed E-state index contributed by atoms with van der Waals surface area (Å²) in [5.74, 6) is 0.782. The molecule has 0 saturated heterocycles. The van der Waals surface area contributed by atoms with Crippen LogP contribution in [0, 0.1) is 6.92 Å². The number of hydrogen-bond donors (Lipinski definition) is 2. The first-order valence-electron chi connectivity index (χ1n) is 9.25. The van der Waals surface area contributed by atoms with Crippen LogP contribution < -0.4 is 11.1 Å². The van der Waals surface area contributed by atoms with Crippen LogP contribution in [0.5, 0.6) is 0 Å². The molecule has 0 radical (unpaired) electrons. The summed E-state index contributed by atoms with van der Waals surface area (Å²) in [4.78, 5) is 16.9. The van der Waals surface area contributed by atoms with Gasteiger partial charge in [-0.25, -0.2) is 4.98 Å². The van der Waals surface area contributed by atoms with Crippen molar-refractivity contribution in [3.8, 4) is 0 Å². The minimum Gasteiger partial charge on any atom is -0.453 e. The molecular formula is C23H20ClN3O2. The van der Waals surface area contributed by atoms with Gasteiger partial charge in [-0.3, -0.25) is 4.79 Å². The number of furan rings is 1. The zero-order valence-electron chi connectivity index (χ0n) is 15.9. The van der Waals surface area contributed by atoms with Crippen molar-refractivity contribution >= 4 is 39.9 Å². The number of nitrogen functional groups attached to an aromatic ring is 1. The Morgan fingerprint density at radius 2 is 1.97 bits per heavy atom. The number of carbonyl (C=O) groups is 1. The van der Waals surface area contributed by atoms with Crippen LogP contribution in [0.15, 0.2) is 65.2 Å². The highest BCUT2D eigenvalue weighted by molar-refractivity contribution is 6.31. The molecule has 0 aliphatic carbocycles. The summed E-state index contributed by atoms with van der Waals surface area (Å²) in [6, 6.07) is 17.0. The highest BCUT2D eigenvalue weighted by atomic mass is 35.5. The first kappa shape index (κ1) is 19.0. The number of ketones is 1. The van der Waals surface area contributed by atoms with E-state index in [2.05, 4.69) is 10.3 Å². The molecule has 0 spiro atoms. The number of aromatic nitrogens is 1. The number of benzene rings is 2. The number of nitrogens with one attached hydrogen (secondary N) is 1. The molecule has 2 aromatic carbocycles. The summed E-state index contributed by atoms with van der Waals surface area (Å²) in [7, 11) is 0. The molecule has 0 atom stereocenters. The normalized spacial score (nSPS) is 11.0. The van der Waals surface area contributed by atoms with Crippen molar-refractivity contribution in [2.24, 2.45) is 0 Å². The summed E-state index contributed by atoms with van der Waals surface area (Å²) in [6.07, 6.45) is 1.91. The quantitative estimate of drug-likeness (QED) is 0.419. The van der Waals surface area contributed by atoms with Gasteiger partial charge in [-0.2, -0.15) is 0 Å². The molecule has 4 aromatic rings. The number of hydrogen-bond acceptors (Lipinski definition) is 5. The molecule has 2 heterocycles. The van der Waals surface area contributed by atoms with E-state index in [1.165, 1.54) is 0 Å². The lowest BCUT2D eigenvalue weighted by molar-refractivity contribution is 0.0967. The van der Waals surface area contributed by atoms with E-state index >= 15 is 0 Å². The third kappa shape index (κ3) is 4.10. The predicted octanol–water partition coefficient (Wildman–Crippen LogP) is 5.41. The standard InChI is InChI=1S/C23H20ClN3O2/c1-14-18-12-17(24)7-8-21(18)29-22(14)20(28)11-15-4-2-5-16(10-15)13-27-19-6-3-9-26-23(19)25/h2-10,12,27H,11,13H2,1H3,(H2,25,26). The second-order valence-electron chi connectivity index (χ2n) is 6.91. The number of Topliss-reactive ketones (excluding diaryl/α,β-unsaturated/α-hetero) is 1. The van der Waals surface area contributed by atoms with Gasteiger partial charge in [-0.15, -0.1) is 0 Å². The van der Waals surface area contributed by atoms with Gasteiger partial charge in [-0.05, 0) is 48.4 Å². The SMILES string of the molecule is Cc1c(C(=O)Cc2cccc(CNc3cccnc3N)c2)oc2ccc(Cl)cc12. The smallest absolute Gasteiger partial charge is 0.202 e. The van der Waals surface area contributed by atoms with Gasteiger partial charge in [0.2, 0.25) is 5.78 Å². The number of nitrogens with two attached hydrogens (primary N) is 1. The molecule has 29 heavy (non-hydrogen) atoms. The zero-order valence-corrected chi connectivity index (χ0v) is 16.7. The van der Waals surface area contributed by atoms with Crippen molar-refractivity contribution in [2.45, 2.75) is 19.9 Å². The van der Waals surface area contributed by atoms with Crippen LogP contribution in [-0.4, -0.2) is 10.8 Å². The molecule has 0 unspecified atom stereocenters. The fourth-order valence-corrected chi connectivity index (χ4v) is 3.51. The monoisotopic (exact) mass is 405 g/mol. The number of pyridine rings is 1. The molecule has 6 heteroatoms. The maximum Gasteiger partial charge on any atom is 0.202 e. The van der Waals surface area contributed by atoms with Gasteiger partial charge in [-0.1, -0.05) is 35.9 Å². The second kappa shape index (κ2) is 7.97. The van der Waals surface area contributed by atoms with Gasteiger partial charge >= 0.3 is 0 Å². The van der Waals surface area contributed by atoms with E-state index in [0.717, 1.165) is 27.8 Å². The predicted molar refractivity (Wildman–Crippen MR) is 116 cm³/mol. The maximum atomic E-state index is 12.9. The molecule has 0 fully saturated rings. The highest BCUT2D eigenvalue weighted by Gasteiger charge is 2.18. The number of halogens is 1. The van der Waals surface area contributed by atoms with E-state index in [9.17, 15) is 4.79 Å². The third-order valence-corrected chi connectivity index (χ3v) is 5.06. The fraction of sp³-hybridized carbons (Fsp3) is 0.130. The van der Waals surface area contributed by atoms with Gasteiger partial charge in [0.15, 0.2) is 5.76 Å². The van der Waals surface area contributed by atoms with Gasteiger partial charge in [0.25, 0.3) is 0 Å². The Balaban J connectivity index is 1.50. The van der Waals surface area contributed by atoms with E-state index in [1.54, 1.807) is 18.3 Å². The zero-order chi connectivity index (χ0) is 20.4. The Kier molecular flexibility index (Phi) is 5.23. The molecule has 2 aromatic heterocycles. The largest absolute Gasteiger partial charge is 0.453 e.